The van der Waals surface area contributed by atoms with Gasteiger partial charge in [0, 0.05) is 18.1 Å². The van der Waals surface area contributed by atoms with Crippen molar-refractivity contribution in [1.82, 2.24) is 14.3 Å². The van der Waals surface area contributed by atoms with Crippen LogP contribution in [0.2, 0.25) is 10.0 Å². The third kappa shape index (κ3) is 3.94. The highest BCUT2D eigenvalue weighted by molar-refractivity contribution is 6.32. The highest BCUT2D eigenvalue weighted by atomic mass is 35.5. The van der Waals surface area contributed by atoms with E-state index >= 15 is 0 Å². The molecule has 2 aromatic heterocycles. The lowest BCUT2D eigenvalue weighted by Gasteiger charge is -2.10. The van der Waals surface area contributed by atoms with Crippen molar-refractivity contribution in [3.63, 3.8) is 0 Å². The van der Waals surface area contributed by atoms with E-state index < -0.39 is 0 Å². The van der Waals surface area contributed by atoms with Crippen molar-refractivity contribution < 1.29 is 4.74 Å². The quantitative estimate of drug-likeness (QED) is 0.456. The fourth-order valence-corrected chi connectivity index (χ4v) is 3.69. The minimum atomic E-state index is -0.287. The zero-order valence-corrected chi connectivity index (χ0v) is 17.7. The molecular formula is C22H19Cl2N3O3. The normalized spacial score (nSPS) is 11.3. The Morgan fingerprint density at radius 3 is 2.50 bits per heavy atom. The summed E-state index contributed by atoms with van der Waals surface area (Å²) in [6.45, 7) is 0.571. The SMILES string of the molecule is Cn1c(COCCc2ccc(Cl)cc2)c2c(=O)n(-c3ccccc3Cl)[nH]c2cc1=O. The average molecular weight is 444 g/mol. The Morgan fingerprint density at radius 1 is 1.03 bits per heavy atom. The minimum absolute atomic E-state index is 0.131. The van der Waals surface area contributed by atoms with Crippen LogP contribution in [-0.4, -0.2) is 21.0 Å². The molecule has 4 aromatic rings. The third-order valence-corrected chi connectivity index (χ3v) is 5.56. The number of hydrogen-bond acceptors (Lipinski definition) is 3. The molecule has 0 aliphatic carbocycles. The summed E-state index contributed by atoms with van der Waals surface area (Å²) >= 11 is 12.2. The Labute approximate surface area is 182 Å². The van der Waals surface area contributed by atoms with E-state index in [4.69, 9.17) is 27.9 Å². The first-order chi connectivity index (χ1) is 14.5. The Kier molecular flexibility index (Phi) is 5.81. The van der Waals surface area contributed by atoms with E-state index in [-0.39, 0.29) is 17.7 Å². The molecule has 0 spiro atoms. The van der Waals surface area contributed by atoms with Gasteiger partial charge in [-0.3, -0.25) is 14.7 Å². The number of para-hydroxylation sites is 1. The van der Waals surface area contributed by atoms with Gasteiger partial charge in [0.05, 0.1) is 40.5 Å². The number of fused-ring (bicyclic) bond motifs is 1. The summed E-state index contributed by atoms with van der Waals surface area (Å²) in [6, 6.07) is 16.0. The summed E-state index contributed by atoms with van der Waals surface area (Å²) in [5.41, 5.74) is 2.05. The molecular weight excluding hydrogens is 425 g/mol. The van der Waals surface area contributed by atoms with Crippen molar-refractivity contribution in [1.29, 1.82) is 0 Å². The van der Waals surface area contributed by atoms with E-state index in [9.17, 15) is 9.59 Å². The largest absolute Gasteiger partial charge is 0.375 e. The fourth-order valence-electron chi connectivity index (χ4n) is 3.34. The van der Waals surface area contributed by atoms with Crippen LogP contribution in [0.4, 0.5) is 0 Å². The minimum Gasteiger partial charge on any atom is -0.375 e. The number of aromatic amines is 1. The number of nitrogens with zero attached hydrogens (tertiary/aromatic N) is 2. The number of ether oxygens (including phenoxy) is 1. The zero-order valence-electron chi connectivity index (χ0n) is 16.2. The van der Waals surface area contributed by atoms with E-state index in [0.717, 1.165) is 5.56 Å². The first kappa shape index (κ1) is 20.5. The summed E-state index contributed by atoms with van der Waals surface area (Å²) in [7, 11) is 1.63. The molecule has 0 bridgehead atoms. The number of pyridine rings is 1. The van der Waals surface area contributed by atoms with Crippen molar-refractivity contribution in [3.05, 3.63) is 96.6 Å². The maximum Gasteiger partial charge on any atom is 0.281 e. The lowest BCUT2D eigenvalue weighted by atomic mass is 10.2. The number of rotatable bonds is 6. The van der Waals surface area contributed by atoms with Gasteiger partial charge >= 0.3 is 0 Å². The first-order valence-electron chi connectivity index (χ1n) is 9.36. The predicted octanol–water partition coefficient (Wildman–Crippen LogP) is 4.08. The van der Waals surface area contributed by atoms with Crippen LogP contribution < -0.4 is 11.1 Å². The Balaban J connectivity index is 1.64. The Morgan fingerprint density at radius 2 is 1.77 bits per heavy atom. The topological polar surface area (TPSA) is 69.0 Å². The standard InChI is InChI=1S/C22H19Cl2N3O3/c1-26-19(13-30-11-10-14-6-8-15(23)9-7-14)21-17(12-20(26)28)25-27(22(21)29)18-5-3-2-4-16(18)24/h2-9,12,25H,10-11,13H2,1H3. The molecule has 30 heavy (non-hydrogen) atoms. The molecule has 2 aromatic carbocycles. The van der Waals surface area contributed by atoms with E-state index in [1.807, 2.05) is 24.3 Å². The second-order valence-corrected chi connectivity index (χ2v) is 7.75. The number of H-pyrrole nitrogens is 1. The maximum atomic E-state index is 13.1. The van der Waals surface area contributed by atoms with Gasteiger partial charge in [-0.2, -0.15) is 0 Å². The van der Waals surface area contributed by atoms with Crippen LogP contribution in [0.3, 0.4) is 0 Å². The Bertz CT molecular complexity index is 1320. The summed E-state index contributed by atoms with van der Waals surface area (Å²) in [6.07, 6.45) is 0.693. The van der Waals surface area contributed by atoms with Crippen LogP contribution in [0.15, 0.2) is 64.2 Å². The molecule has 0 atom stereocenters. The van der Waals surface area contributed by atoms with Gasteiger partial charge in [-0.1, -0.05) is 47.5 Å². The summed E-state index contributed by atoms with van der Waals surface area (Å²) in [4.78, 5) is 25.5. The van der Waals surface area contributed by atoms with E-state index in [1.165, 1.54) is 15.3 Å². The fraction of sp³-hybridized carbons (Fsp3) is 0.182. The van der Waals surface area contributed by atoms with Crippen molar-refractivity contribution in [2.24, 2.45) is 7.05 Å². The smallest absolute Gasteiger partial charge is 0.281 e. The molecule has 6 nitrogen and oxygen atoms in total. The molecule has 0 aliphatic heterocycles. The third-order valence-electron chi connectivity index (χ3n) is 4.99. The Hall–Kier alpha value is -2.80. The zero-order chi connectivity index (χ0) is 21.3. The van der Waals surface area contributed by atoms with E-state index in [0.29, 0.717) is 45.4 Å². The molecule has 0 fully saturated rings. The highest BCUT2D eigenvalue weighted by Crippen LogP contribution is 2.20. The number of benzene rings is 2. The van der Waals surface area contributed by atoms with Crippen LogP contribution in [0.5, 0.6) is 0 Å². The van der Waals surface area contributed by atoms with E-state index in [2.05, 4.69) is 5.10 Å². The molecule has 4 rings (SSSR count). The van der Waals surface area contributed by atoms with Gasteiger partial charge in [0.2, 0.25) is 0 Å². The van der Waals surface area contributed by atoms with Gasteiger partial charge in [-0.15, -0.1) is 0 Å². The average Bonchev–Trinajstić information content (AvgIpc) is 3.05. The van der Waals surface area contributed by atoms with Gasteiger partial charge in [-0.25, -0.2) is 4.68 Å². The van der Waals surface area contributed by atoms with Gasteiger partial charge in [0.15, 0.2) is 0 Å². The van der Waals surface area contributed by atoms with Gasteiger partial charge in [0.25, 0.3) is 11.1 Å². The molecule has 154 valence electrons. The van der Waals surface area contributed by atoms with Crippen molar-refractivity contribution in [2.45, 2.75) is 13.0 Å². The number of hydrogen-bond donors (Lipinski definition) is 1. The van der Waals surface area contributed by atoms with Crippen LogP contribution >= 0.6 is 23.2 Å². The number of halogens is 2. The van der Waals surface area contributed by atoms with Gasteiger partial charge < -0.3 is 9.30 Å². The van der Waals surface area contributed by atoms with Crippen molar-refractivity contribution in [2.75, 3.05) is 6.61 Å². The lowest BCUT2D eigenvalue weighted by molar-refractivity contribution is 0.119. The molecule has 2 heterocycles. The molecule has 0 radical (unpaired) electrons. The van der Waals surface area contributed by atoms with Crippen LogP contribution in [0, 0.1) is 0 Å². The van der Waals surface area contributed by atoms with E-state index in [1.54, 1.807) is 31.3 Å². The molecule has 0 saturated carbocycles. The predicted molar refractivity (Wildman–Crippen MR) is 119 cm³/mol. The molecule has 0 amide bonds. The maximum absolute atomic E-state index is 13.1. The second kappa shape index (κ2) is 8.52. The second-order valence-electron chi connectivity index (χ2n) is 6.91. The summed E-state index contributed by atoms with van der Waals surface area (Å²) in [5.74, 6) is 0. The van der Waals surface area contributed by atoms with Crippen molar-refractivity contribution >= 4 is 34.1 Å². The van der Waals surface area contributed by atoms with Crippen molar-refractivity contribution in [3.8, 4) is 5.69 Å². The molecule has 1 N–H and O–H groups in total. The van der Waals surface area contributed by atoms with Gasteiger partial charge in [0.1, 0.15) is 0 Å². The molecule has 8 heteroatoms. The first-order valence-corrected chi connectivity index (χ1v) is 10.1. The monoisotopic (exact) mass is 443 g/mol. The molecule has 0 saturated heterocycles. The van der Waals surface area contributed by atoms with Gasteiger partial charge in [-0.05, 0) is 36.2 Å². The summed E-state index contributed by atoms with van der Waals surface area (Å²) < 4.78 is 8.60. The lowest BCUT2D eigenvalue weighted by Crippen LogP contribution is -2.23. The molecule has 0 unspecified atom stereocenters. The van der Waals surface area contributed by atoms with Crippen LogP contribution in [0.1, 0.15) is 11.3 Å². The molecule has 0 aliphatic rings. The number of nitrogens with one attached hydrogen (secondary N) is 1. The number of aromatic nitrogens is 3. The van der Waals surface area contributed by atoms with Crippen LogP contribution in [-0.2, 0) is 24.8 Å². The van der Waals surface area contributed by atoms with Crippen LogP contribution in [0.25, 0.3) is 16.6 Å². The summed E-state index contributed by atoms with van der Waals surface area (Å²) in [5, 5.41) is 4.51. The highest BCUT2D eigenvalue weighted by Gasteiger charge is 2.17.